The maximum absolute atomic E-state index is 12.8. The van der Waals surface area contributed by atoms with Gasteiger partial charge in [0.25, 0.3) is 0 Å². The number of carbonyl (C=O) groups excluding carboxylic acids is 5. The Balaban J connectivity index is 1.75. The maximum atomic E-state index is 12.8. The van der Waals surface area contributed by atoms with E-state index in [4.69, 9.17) is 0 Å². The Morgan fingerprint density at radius 3 is 2.62 bits per heavy atom. The Bertz CT molecular complexity index is 814. The molecule has 7 heteroatoms. The molecule has 2 atom stereocenters. The molecule has 0 saturated carbocycles. The van der Waals surface area contributed by atoms with Crippen LogP contribution in [0.3, 0.4) is 0 Å². The largest absolute Gasteiger partial charge is 0.325 e. The van der Waals surface area contributed by atoms with Crippen LogP contribution < -0.4 is 10.6 Å². The third-order valence-corrected chi connectivity index (χ3v) is 4.96. The van der Waals surface area contributed by atoms with Crippen LogP contribution in [0, 0.1) is 11.8 Å². The lowest BCUT2D eigenvalue weighted by Crippen LogP contribution is -2.40. The van der Waals surface area contributed by atoms with E-state index in [-0.39, 0.29) is 60.0 Å². The topological polar surface area (TPSA) is 109 Å². The van der Waals surface area contributed by atoms with E-state index in [0.717, 1.165) is 0 Å². The van der Waals surface area contributed by atoms with Gasteiger partial charge in [0.2, 0.25) is 17.7 Å². The van der Waals surface area contributed by atoms with Gasteiger partial charge in [-0.05, 0) is 25.3 Å². The van der Waals surface area contributed by atoms with Crippen LogP contribution in [0.15, 0.2) is 18.2 Å². The molecule has 0 bridgehead atoms. The summed E-state index contributed by atoms with van der Waals surface area (Å²) >= 11 is 0. The first-order valence-electron chi connectivity index (χ1n) is 8.77. The minimum absolute atomic E-state index is 0.231. The molecule has 2 N–H and O–H groups in total. The lowest BCUT2D eigenvalue weighted by Gasteiger charge is -2.21. The number of benzene rings is 1. The molecule has 1 aliphatic heterocycles. The van der Waals surface area contributed by atoms with E-state index < -0.39 is 5.92 Å². The highest BCUT2D eigenvalue weighted by molar-refractivity contribution is 6.29. The highest BCUT2D eigenvalue weighted by Crippen LogP contribution is 2.35. The molecule has 1 aliphatic carbocycles. The predicted molar refractivity (Wildman–Crippen MR) is 92.6 cm³/mol. The van der Waals surface area contributed by atoms with Gasteiger partial charge in [0.1, 0.15) is 0 Å². The number of carbonyl (C=O) groups is 5. The molecule has 1 aromatic carbocycles. The summed E-state index contributed by atoms with van der Waals surface area (Å²) in [6.45, 7) is 1.70. The Labute approximate surface area is 150 Å². The summed E-state index contributed by atoms with van der Waals surface area (Å²) in [6, 6.07) is 4.83. The third-order valence-electron chi connectivity index (χ3n) is 4.96. The van der Waals surface area contributed by atoms with Crippen molar-refractivity contribution in [3.05, 3.63) is 29.3 Å². The molecule has 1 aromatic rings. The van der Waals surface area contributed by atoms with Crippen molar-refractivity contribution in [1.82, 2.24) is 5.32 Å². The number of anilines is 1. The van der Waals surface area contributed by atoms with Crippen LogP contribution in [0.4, 0.5) is 5.69 Å². The first-order valence-corrected chi connectivity index (χ1v) is 8.77. The van der Waals surface area contributed by atoms with E-state index in [0.29, 0.717) is 24.1 Å². The average Bonchev–Trinajstić information content (AvgIpc) is 2.86. The van der Waals surface area contributed by atoms with E-state index >= 15 is 0 Å². The van der Waals surface area contributed by atoms with Crippen LogP contribution in [0.1, 0.15) is 59.7 Å². The zero-order valence-corrected chi connectivity index (χ0v) is 14.5. The van der Waals surface area contributed by atoms with Crippen LogP contribution in [-0.4, -0.2) is 29.3 Å². The predicted octanol–water partition coefficient (Wildman–Crippen LogP) is 1.86. The van der Waals surface area contributed by atoms with Gasteiger partial charge in [-0.15, -0.1) is 0 Å². The standard InChI is InChI=1S/C19H20N2O5/c1-2-14(22)20-13-5-3-4-11-16(13)18(25)12(17(11)24)8-6-10-7-9-15(23)21-19(10)26/h3-5,10,12H,2,6-9H2,1H3,(H,20,22)(H,21,23,26). The minimum atomic E-state index is -0.838. The van der Waals surface area contributed by atoms with E-state index in [1.165, 1.54) is 0 Å². The Morgan fingerprint density at radius 1 is 1.15 bits per heavy atom. The molecule has 2 aliphatic rings. The number of amides is 3. The van der Waals surface area contributed by atoms with E-state index in [2.05, 4.69) is 10.6 Å². The SMILES string of the molecule is CCC(=O)Nc1cccc2c1C(=O)C(CCC1CCC(=O)NC1=O)C2=O. The third kappa shape index (κ3) is 3.29. The number of rotatable bonds is 5. The Kier molecular flexibility index (Phi) is 4.97. The average molecular weight is 356 g/mol. The molecule has 1 saturated heterocycles. The number of piperidine rings is 1. The van der Waals surface area contributed by atoms with Crippen LogP contribution in [-0.2, 0) is 14.4 Å². The summed E-state index contributed by atoms with van der Waals surface area (Å²) in [4.78, 5) is 60.1. The van der Waals surface area contributed by atoms with Gasteiger partial charge in [-0.1, -0.05) is 19.1 Å². The summed E-state index contributed by atoms with van der Waals surface area (Å²) in [5.74, 6) is -2.65. The molecular weight excluding hydrogens is 336 g/mol. The zero-order chi connectivity index (χ0) is 18.8. The number of fused-ring (bicyclic) bond motifs is 1. The monoisotopic (exact) mass is 356 g/mol. The van der Waals surface area contributed by atoms with Crippen molar-refractivity contribution in [2.45, 2.75) is 39.0 Å². The molecule has 0 radical (unpaired) electrons. The Morgan fingerprint density at radius 2 is 1.92 bits per heavy atom. The number of ketones is 2. The molecular formula is C19H20N2O5. The number of hydrogen-bond acceptors (Lipinski definition) is 5. The molecule has 3 amide bonds. The lowest BCUT2D eigenvalue weighted by atomic mass is 9.88. The maximum Gasteiger partial charge on any atom is 0.229 e. The molecule has 0 aromatic heterocycles. The molecule has 136 valence electrons. The van der Waals surface area contributed by atoms with E-state index in [1.807, 2.05) is 0 Å². The molecule has 1 heterocycles. The quantitative estimate of drug-likeness (QED) is 0.618. The summed E-state index contributed by atoms with van der Waals surface area (Å²) in [7, 11) is 0. The zero-order valence-electron chi connectivity index (χ0n) is 14.5. The van der Waals surface area contributed by atoms with Gasteiger partial charge in [0.15, 0.2) is 11.6 Å². The van der Waals surface area contributed by atoms with Crippen LogP contribution >= 0.6 is 0 Å². The van der Waals surface area contributed by atoms with Gasteiger partial charge in [-0.3, -0.25) is 29.3 Å². The smallest absolute Gasteiger partial charge is 0.229 e. The fourth-order valence-corrected chi connectivity index (χ4v) is 3.49. The second kappa shape index (κ2) is 7.19. The summed E-state index contributed by atoms with van der Waals surface area (Å²) in [5, 5.41) is 4.95. The molecule has 26 heavy (non-hydrogen) atoms. The second-order valence-electron chi connectivity index (χ2n) is 6.64. The van der Waals surface area contributed by atoms with Crippen LogP contribution in [0.5, 0.6) is 0 Å². The van der Waals surface area contributed by atoms with Gasteiger partial charge in [0, 0.05) is 24.3 Å². The summed E-state index contributed by atoms with van der Waals surface area (Å²) in [6.07, 6.45) is 1.59. The summed E-state index contributed by atoms with van der Waals surface area (Å²) < 4.78 is 0. The molecule has 7 nitrogen and oxygen atoms in total. The van der Waals surface area contributed by atoms with Gasteiger partial charge in [0.05, 0.1) is 17.2 Å². The van der Waals surface area contributed by atoms with E-state index in [9.17, 15) is 24.0 Å². The number of nitrogens with one attached hydrogen (secondary N) is 2. The van der Waals surface area contributed by atoms with Crippen molar-refractivity contribution in [3.63, 3.8) is 0 Å². The van der Waals surface area contributed by atoms with Crippen molar-refractivity contribution in [2.75, 3.05) is 5.32 Å². The van der Waals surface area contributed by atoms with Gasteiger partial charge < -0.3 is 5.32 Å². The van der Waals surface area contributed by atoms with Crippen molar-refractivity contribution in [1.29, 1.82) is 0 Å². The van der Waals surface area contributed by atoms with Gasteiger partial charge >= 0.3 is 0 Å². The van der Waals surface area contributed by atoms with Gasteiger partial charge in [-0.2, -0.15) is 0 Å². The second-order valence-corrected chi connectivity index (χ2v) is 6.64. The normalized spacial score (nSPS) is 22.2. The van der Waals surface area contributed by atoms with Gasteiger partial charge in [-0.25, -0.2) is 0 Å². The fourth-order valence-electron chi connectivity index (χ4n) is 3.49. The molecule has 1 fully saturated rings. The van der Waals surface area contributed by atoms with Crippen molar-refractivity contribution >= 4 is 35.0 Å². The molecule has 2 unspecified atom stereocenters. The molecule has 3 rings (SSSR count). The van der Waals surface area contributed by atoms with Crippen molar-refractivity contribution < 1.29 is 24.0 Å². The summed E-state index contributed by atoms with van der Waals surface area (Å²) in [5.41, 5.74) is 0.931. The fraction of sp³-hybridized carbons (Fsp3) is 0.421. The highest BCUT2D eigenvalue weighted by atomic mass is 16.2. The number of imide groups is 1. The molecule has 0 spiro atoms. The first-order chi connectivity index (χ1) is 12.4. The first kappa shape index (κ1) is 18.0. The highest BCUT2D eigenvalue weighted by Gasteiger charge is 2.41. The minimum Gasteiger partial charge on any atom is -0.325 e. The van der Waals surface area contributed by atoms with E-state index in [1.54, 1.807) is 25.1 Å². The van der Waals surface area contributed by atoms with Crippen LogP contribution in [0.25, 0.3) is 0 Å². The Hall–Kier alpha value is -2.83. The van der Waals surface area contributed by atoms with Crippen molar-refractivity contribution in [3.8, 4) is 0 Å². The van der Waals surface area contributed by atoms with Crippen LogP contribution in [0.2, 0.25) is 0 Å². The van der Waals surface area contributed by atoms with Crippen molar-refractivity contribution in [2.24, 2.45) is 11.8 Å². The number of Topliss-reactive ketones (excluding diaryl/α,β-unsaturated/α-hetero) is 2. The number of hydrogen-bond donors (Lipinski definition) is 2. The lowest BCUT2D eigenvalue weighted by molar-refractivity contribution is -0.136.